The normalized spacial score (nSPS) is 10.2. The zero-order valence-electron chi connectivity index (χ0n) is 13.5. The van der Waals surface area contributed by atoms with Gasteiger partial charge in [0.05, 0.1) is 6.54 Å². The maximum atomic E-state index is 11.9. The average molecular weight is 316 g/mol. The van der Waals surface area contributed by atoms with Gasteiger partial charge in [0.2, 0.25) is 5.91 Å². The molecule has 0 bridgehead atoms. The van der Waals surface area contributed by atoms with Crippen molar-refractivity contribution < 1.29 is 4.79 Å². The Morgan fingerprint density at radius 1 is 1.04 bits per heavy atom. The largest absolute Gasteiger partial charge is 0.361 e. The van der Waals surface area contributed by atoms with Gasteiger partial charge in [-0.3, -0.25) is 4.79 Å². The Morgan fingerprint density at radius 2 is 1.83 bits per heavy atom. The van der Waals surface area contributed by atoms with Crippen molar-refractivity contribution in [2.24, 2.45) is 0 Å². The van der Waals surface area contributed by atoms with Crippen molar-refractivity contribution in [2.45, 2.75) is 19.3 Å². The lowest BCUT2D eigenvalue weighted by atomic mass is 10.1. The smallest absolute Gasteiger partial charge is 0.220 e. The molecule has 24 heavy (non-hydrogen) atoms. The van der Waals surface area contributed by atoms with Gasteiger partial charge in [0.15, 0.2) is 0 Å². The molecule has 0 saturated heterocycles. The zero-order valence-corrected chi connectivity index (χ0v) is 13.5. The molecular weight excluding hydrogens is 296 g/mol. The standard InChI is InChI=1S/C21H20N2O/c24-21(22-15-7-10-17-8-2-1-3-9-17)14-6-11-18-16-23-20-13-5-4-12-19(18)20/h1-5,8-9,12-13,16,23H,6,11,14-15H2,(H,22,24). The first-order chi connectivity index (χ1) is 11.8. The second kappa shape index (κ2) is 8.03. The predicted octanol–water partition coefficient (Wildman–Crippen LogP) is 3.66. The number of benzene rings is 2. The number of aromatic nitrogens is 1. The molecule has 0 aliphatic rings. The Labute approximate surface area is 142 Å². The molecule has 0 aliphatic carbocycles. The van der Waals surface area contributed by atoms with Crippen LogP contribution in [0.2, 0.25) is 0 Å². The number of hydrogen-bond acceptors (Lipinski definition) is 1. The number of H-pyrrole nitrogens is 1. The molecule has 3 rings (SSSR count). The van der Waals surface area contributed by atoms with E-state index in [9.17, 15) is 4.79 Å². The van der Waals surface area contributed by atoms with Gasteiger partial charge in [-0.05, 0) is 36.6 Å². The van der Waals surface area contributed by atoms with E-state index in [0.29, 0.717) is 13.0 Å². The van der Waals surface area contributed by atoms with Crippen molar-refractivity contribution in [3.63, 3.8) is 0 Å². The van der Waals surface area contributed by atoms with Crippen LogP contribution in [-0.2, 0) is 11.2 Å². The van der Waals surface area contributed by atoms with E-state index in [0.717, 1.165) is 23.9 Å². The highest BCUT2D eigenvalue weighted by molar-refractivity contribution is 5.83. The van der Waals surface area contributed by atoms with Crippen LogP contribution >= 0.6 is 0 Å². The summed E-state index contributed by atoms with van der Waals surface area (Å²) in [5.41, 5.74) is 3.38. The lowest BCUT2D eigenvalue weighted by Crippen LogP contribution is -2.23. The van der Waals surface area contributed by atoms with E-state index in [-0.39, 0.29) is 5.91 Å². The van der Waals surface area contributed by atoms with Crippen LogP contribution in [0.1, 0.15) is 24.0 Å². The van der Waals surface area contributed by atoms with E-state index in [4.69, 9.17) is 0 Å². The summed E-state index contributed by atoms with van der Waals surface area (Å²) in [5.74, 6) is 6.06. The predicted molar refractivity (Wildman–Crippen MR) is 97.6 cm³/mol. The van der Waals surface area contributed by atoms with Gasteiger partial charge < -0.3 is 10.3 Å². The third kappa shape index (κ3) is 4.27. The molecule has 0 unspecified atom stereocenters. The van der Waals surface area contributed by atoms with Crippen molar-refractivity contribution in [1.29, 1.82) is 0 Å². The minimum Gasteiger partial charge on any atom is -0.361 e. The third-order valence-electron chi connectivity index (χ3n) is 3.91. The Morgan fingerprint density at radius 3 is 2.71 bits per heavy atom. The minimum absolute atomic E-state index is 0.0530. The van der Waals surface area contributed by atoms with Gasteiger partial charge in [-0.15, -0.1) is 0 Å². The Balaban J connectivity index is 1.41. The fourth-order valence-corrected chi connectivity index (χ4v) is 2.68. The number of carbonyl (C=O) groups excluding carboxylic acids is 1. The Kier molecular flexibility index (Phi) is 5.32. The molecule has 2 N–H and O–H groups in total. The fraction of sp³-hybridized carbons (Fsp3) is 0.190. The van der Waals surface area contributed by atoms with Crippen LogP contribution in [0.4, 0.5) is 0 Å². The lowest BCUT2D eigenvalue weighted by molar-refractivity contribution is -0.120. The van der Waals surface area contributed by atoms with Gasteiger partial charge in [0.25, 0.3) is 0 Å². The van der Waals surface area contributed by atoms with Gasteiger partial charge in [-0.1, -0.05) is 48.2 Å². The number of nitrogens with one attached hydrogen (secondary N) is 2. The SMILES string of the molecule is O=C(CCCc1c[nH]c2ccccc12)NCC#Cc1ccccc1. The number of carbonyl (C=O) groups is 1. The van der Waals surface area contributed by atoms with Crippen LogP contribution in [0.5, 0.6) is 0 Å². The molecular formula is C21H20N2O. The topological polar surface area (TPSA) is 44.9 Å². The molecule has 0 saturated carbocycles. The summed E-state index contributed by atoms with van der Waals surface area (Å²) in [4.78, 5) is 15.1. The van der Waals surface area contributed by atoms with Gasteiger partial charge in [0, 0.05) is 29.1 Å². The Bertz CT molecular complexity index is 869. The summed E-state index contributed by atoms with van der Waals surface area (Å²) in [5, 5.41) is 4.09. The van der Waals surface area contributed by atoms with Gasteiger partial charge >= 0.3 is 0 Å². The first-order valence-corrected chi connectivity index (χ1v) is 8.18. The van der Waals surface area contributed by atoms with Gasteiger partial charge in [-0.2, -0.15) is 0 Å². The molecule has 1 amide bonds. The van der Waals surface area contributed by atoms with Gasteiger partial charge in [-0.25, -0.2) is 0 Å². The van der Waals surface area contributed by atoms with Crippen LogP contribution in [-0.4, -0.2) is 17.4 Å². The monoisotopic (exact) mass is 316 g/mol. The van der Waals surface area contributed by atoms with E-state index in [2.05, 4.69) is 34.3 Å². The maximum Gasteiger partial charge on any atom is 0.220 e. The Hall–Kier alpha value is -2.99. The van der Waals surface area contributed by atoms with Crippen molar-refractivity contribution in [2.75, 3.05) is 6.54 Å². The number of fused-ring (bicyclic) bond motifs is 1. The number of para-hydroxylation sites is 1. The second-order valence-corrected chi connectivity index (χ2v) is 5.66. The molecule has 3 heteroatoms. The molecule has 0 aliphatic heterocycles. The summed E-state index contributed by atoms with van der Waals surface area (Å²) in [6, 6.07) is 18.0. The van der Waals surface area contributed by atoms with E-state index in [1.54, 1.807) is 0 Å². The summed E-state index contributed by atoms with van der Waals surface area (Å²) >= 11 is 0. The first kappa shape index (κ1) is 15.9. The van der Waals surface area contributed by atoms with Crippen molar-refractivity contribution in [3.05, 3.63) is 71.9 Å². The molecule has 1 heterocycles. The summed E-state index contributed by atoms with van der Waals surface area (Å²) in [7, 11) is 0. The molecule has 3 nitrogen and oxygen atoms in total. The molecule has 0 fully saturated rings. The van der Waals surface area contributed by atoms with Crippen LogP contribution in [0.25, 0.3) is 10.9 Å². The highest BCUT2D eigenvalue weighted by Gasteiger charge is 2.04. The van der Waals surface area contributed by atoms with Crippen LogP contribution in [0.3, 0.4) is 0 Å². The zero-order chi connectivity index (χ0) is 16.6. The number of hydrogen-bond donors (Lipinski definition) is 2. The second-order valence-electron chi connectivity index (χ2n) is 5.66. The molecule has 3 aromatic rings. The van der Waals surface area contributed by atoms with Gasteiger partial charge in [0.1, 0.15) is 0 Å². The van der Waals surface area contributed by atoms with Crippen molar-refractivity contribution in [3.8, 4) is 11.8 Å². The van der Waals surface area contributed by atoms with E-state index in [1.807, 2.05) is 48.7 Å². The molecule has 0 radical (unpaired) electrons. The lowest BCUT2D eigenvalue weighted by Gasteiger charge is -2.01. The average Bonchev–Trinajstić information content (AvgIpc) is 3.03. The third-order valence-corrected chi connectivity index (χ3v) is 3.91. The van der Waals surface area contributed by atoms with E-state index >= 15 is 0 Å². The summed E-state index contributed by atoms with van der Waals surface area (Å²) < 4.78 is 0. The molecule has 2 aromatic carbocycles. The number of aromatic amines is 1. The molecule has 0 spiro atoms. The summed E-state index contributed by atoms with van der Waals surface area (Å²) in [6.45, 7) is 0.390. The molecule has 1 aromatic heterocycles. The van der Waals surface area contributed by atoms with E-state index in [1.165, 1.54) is 10.9 Å². The quantitative estimate of drug-likeness (QED) is 0.693. The number of rotatable bonds is 5. The molecule has 120 valence electrons. The highest BCUT2D eigenvalue weighted by atomic mass is 16.1. The number of aryl methyl sites for hydroxylation is 1. The van der Waals surface area contributed by atoms with E-state index < -0.39 is 0 Å². The highest BCUT2D eigenvalue weighted by Crippen LogP contribution is 2.19. The van der Waals surface area contributed by atoms with Crippen LogP contribution in [0, 0.1) is 11.8 Å². The van der Waals surface area contributed by atoms with Crippen molar-refractivity contribution >= 4 is 16.8 Å². The maximum absolute atomic E-state index is 11.9. The van der Waals surface area contributed by atoms with Crippen molar-refractivity contribution in [1.82, 2.24) is 10.3 Å². The van der Waals surface area contributed by atoms with Crippen LogP contribution in [0.15, 0.2) is 60.8 Å². The first-order valence-electron chi connectivity index (χ1n) is 8.18. The minimum atomic E-state index is 0.0530. The summed E-state index contributed by atoms with van der Waals surface area (Å²) in [6.07, 6.45) is 4.29. The number of amides is 1. The molecule has 0 atom stereocenters. The van der Waals surface area contributed by atoms with Crippen LogP contribution < -0.4 is 5.32 Å². The fourth-order valence-electron chi connectivity index (χ4n) is 2.68.